The number of carbonyl (C=O) groups excluding carboxylic acids is 2. The third-order valence-electron chi connectivity index (χ3n) is 6.92. The van der Waals surface area contributed by atoms with Crippen LogP contribution in [0.15, 0.2) is 48.0 Å². The number of aromatic amines is 1. The molecule has 2 aromatic carbocycles. The zero-order valence-electron chi connectivity index (χ0n) is 19.0. The van der Waals surface area contributed by atoms with Crippen LogP contribution in [-0.4, -0.2) is 46.9 Å². The van der Waals surface area contributed by atoms with Crippen molar-refractivity contribution >= 4 is 28.4 Å². The summed E-state index contributed by atoms with van der Waals surface area (Å²) in [6.07, 6.45) is 4.28. The van der Waals surface area contributed by atoms with Crippen LogP contribution >= 0.6 is 0 Å². The zero-order chi connectivity index (χ0) is 23.1. The molecule has 1 fully saturated rings. The lowest BCUT2D eigenvalue weighted by Gasteiger charge is -2.25. The Balaban J connectivity index is 1.71. The van der Waals surface area contributed by atoms with Gasteiger partial charge in [0.1, 0.15) is 5.76 Å². The fourth-order valence-corrected chi connectivity index (χ4v) is 5.29. The summed E-state index contributed by atoms with van der Waals surface area (Å²) in [6, 6.07) is 13.0. The molecule has 2 N–H and O–H groups in total. The number of nitrogens with one attached hydrogen (secondary N) is 1. The number of methoxy groups -OCH3 is 1. The average molecular weight is 445 g/mol. The number of rotatable bonds is 5. The molecule has 0 bridgehead atoms. The number of fused-ring (bicyclic) bond motifs is 2. The van der Waals surface area contributed by atoms with E-state index in [-0.39, 0.29) is 17.9 Å². The number of nitrogens with zero attached hydrogens (tertiary/aromatic N) is 1. The molecule has 0 spiro atoms. The largest absolute Gasteiger partial charge is 0.507 e. The predicted octanol–water partition coefficient (Wildman–Crippen LogP) is 4.42. The number of aliphatic hydroxyl groups is 1. The Morgan fingerprint density at radius 3 is 2.67 bits per heavy atom. The molecule has 2 heterocycles. The van der Waals surface area contributed by atoms with E-state index in [1.807, 2.05) is 49.4 Å². The van der Waals surface area contributed by atoms with Crippen LogP contribution in [-0.2, 0) is 27.2 Å². The molecule has 33 heavy (non-hydrogen) atoms. The predicted molar refractivity (Wildman–Crippen MR) is 127 cm³/mol. The van der Waals surface area contributed by atoms with Gasteiger partial charge in [0.25, 0.3) is 11.7 Å². The Morgan fingerprint density at radius 1 is 1.12 bits per heavy atom. The third-order valence-corrected chi connectivity index (χ3v) is 6.92. The highest BCUT2D eigenvalue weighted by Gasteiger charge is 2.47. The molecular weight excluding hydrogens is 416 g/mol. The summed E-state index contributed by atoms with van der Waals surface area (Å²) in [5.74, 6) is -1.38. The minimum absolute atomic E-state index is 0.115. The molecule has 1 aromatic heterocycles. The van der Waals surface area contributed by atoms with Crippen LogP contribution in [0.3, 0.4) is 0 Å². The van der Waals surface area contributed by atoms with E-state index in [9.17, 15) is 14.7 Å². The molecule has 1 atom stereocenters. The van der Waals surface area contributed by atoms with Gasteiger partial charge in [0.05, 0.1) is 18.2 Å². The van der Waals surface area contributed by atoms with E-state index >= 15 is 0 Å². The molecule has 5 rings (SSSR count). The summed E-state index contributed by atoms with van der Waals surface area (Å²) in [6.45, 7) is 2.49. The van der Waals surface area contributed by atoms with Gasteiger partial charge in [-0.25, -0.2) is 0 Å². The number of aryl methyl sites for hydroxylation is 3. The Hall–Kier alpha value is -3.38. The molecule has 1 amide bonds. The standard InChI is InChI=1S/C27H28N2O4/c1-16-22(20-9-5-6-10-21(20)28-16)24-23(26(31)27(32)29(24)13-14-33-2)25(30)19-12-11-17-7-3-4-8-18(17)15-19/h5-6,9-12,15,24,28,30H,3-4,7-8,13-14H2,1-2H3/b25-23+. The van der Waals surface area contributed by atoms with E-state index in [2.05, 4.69) is 4.98 Å². The van der Waals surface area contributed by atoms with Crippen molar-refractivity contribution in [3.63, 3.8) is 0 Å². The third kappa shape index (κ3) is 3.55. The minimum Gasteiger partial charge on any atom is -0.507 e. The first-order valence-electron chi connectivity index (χ1n) is 11.5. The maximum Gasteiger partial charge on any atom is 0.295 e. The number of H-pyrrole nitrogens is 1. The number of para-hydroxylation sites is 1. The van der Waals surface area contributed by atoms with Crippen molar-refractivity contribution < 1.29 is 19.4 Å². The van der Waals surface area contributed by atoms with Gasteiger partial charge >= 0.3 is 0 Å². The summed E-state index contributed by atoms with van der Waals surface area (Å²) >= 11 is 0. The molecule has 1 aliphatic heterocycles. The lowest BCUT2D eigenvalue weighted by atomic mass is 9.88. The lowest BCUT2D eigenvalue weighted by Crippen LogP contribution is -2.32. The second kappa shape index (κ2) is 8.52. The second-order valence-corrected chi connectivity index (χ2v) is 8.89. The van der Waals surface area contributed by atoms with Crippen LogP contribution in [0.1, 0.15) is 46.8 Å². The summed E-state index contributed by atoms with van der Waals surface area (Å²) in [5, 5.41) is 12.4. The molecule has 0 radical (unpaired) electrons. The van der Waals surface area contributed by atoms with Crippen molar-refractivity contribution in [2.75, 3.05) is 20.3 Å². The molecule has 2 aliphatic rings. The molecule has 6 heteroatoms. The number of hydrogen-bond donors (Lipinski definition) is 2. The number of hydrogen-bond acceptors (Lipinski definition) is 4. The number of aliphatic hydroxyl groups excluding tert-OH is 1. The van der Waals surface area contributed by atoms with Crippen molar-refractivity contribution in [2.24, 2.45) is 0 Å². The van der Waals surface area contributed by atoms with Gasteiger partial charge in [-0.1, -0.05) is 30.3 Å². The van der Waals surface area contributed by atoms with E-state index in [1.54, 1.807) is 7.11 Å². The van der Waals surface area contributed by atoms with Crippen LogP contribution in [0.4, 0.5) is 0 Å². The van der Waals surface area contributed by atoms with Crippen molar-refractivity contribution in [3.8, 4) is 0 Å². The number of ketones is 1. The Bertz CT molecular complexity index is 1290. The number of benzene rings is 2. The number of amides is 1. The molecule has 1 unspecified atom stereocenters. The Morgan fingerprint density at radius 2 is 1.88 bits per heavy atom. The molecule has 1 saturated heterocycles. The molecule has 1 aliphatic carbocycles. The van der Waals surface area contributed by atoms with Crippen molar-refractivity contribution in [1.29, 1.82) is 0 Å². The first-order chi connectivity index (χ1) is 16.0. The fraction of sp³-hybridized carbons (Fsp3) is 0.333. The molecule has 6 nitrogen and oxygen atoms in total. The normalized spacial score (nSPS) is 19.9. The van der Waals surface area contributed by atoms with Crippen LogP contribution in [0, 0.1) is 6.92 Å². The van der Waals surface area contributed by atoms with E-state index < -0.39 is 17.7 Å². The monoisotopic (exact) mass is 444 g/mol. The Labute approximate surface area is 192 Å². The van der Waals surface area contributed by atoms with Gasteiger partial charge in [-0.15, -0.1) is 0 Å². The van der Waals surface area contributed by atoms with E-state index in [4.69, 9.17) is 4.74 Å². The number of carbonyl (C=O) groups is 2. The maximum atomic E-state index is 13.3. The topological polar surface area (TPSA) is 82.6 Å². The highest BCUT2D eigenvalue weighted by Crippen LogP contribution is 2.43. The fourth-order valence-electron chi connectivity index (χ4n) is 5.29. The van der Waals surface area contributed by atoms with Gasteiger partial charge < -0.3 is 19.7 Å². The SMILES string of the molecule is COCCN1C(=O)C(=O)/C(=C(/O)c2ccc3c(c2)CCCC3)C1c1c(C)[nH]c2ccccc12. The van der Waals surface area contributed by atoms with E-state index in [0.29, 0.717) is 12.2 Å². The van der Waals surface area contributed by atoms with Crippen molar-refractivity contribution in [2.45, 2.75) is 38.6 Å². The quantitative estimate of drug-likeness (QED) is 0.347. The smallest absolute Gasteiger partial charge is 0.295 e. The van der Waals surface area contributed by atoms with Gasteiger partial charge in [-0.05, 0) is 55.9 Å². The summed E-state index contributed by atoms with van der Waals surface area (Å²) in [4.78, 5) is 31.3. The maximum absolute atomic E-state index is 13.3. The number of ether oxygens (including phenoxy) is 1. The van der Waals surface area contributed by atoms with Crippen molar-refractivity contribution in [1.82, 2.24) is 9.88 Å². The molecule has 0 saturated carbocycles. The van der Waals surface area contributed by atoms with Gasteiger partial charge in [0, 0.05) is 41.4 Å². The number of likely N-dealkylation sites (tertiary alicyclic amines) is 1. The number of aromatic nitrogens is 1. The van der Waals surface area contributed by atoms with Crippen LogP contribution in [0.5, 0.6) is 0 Å². The average Bonchev–Trinajstić information content (AvgIpc) is 3.29. The minimum atomic E-state index is -0.688. The first kappa shape index (κ1) is 21.5. The van der Waals surface area contributed by atoms with Gasteiger partial charge in [-0.2, -0.15) is 0 Å². The zero-order valence-corrected chi connectivity index (χ0v) is 19.0. The lowest BCUT2D eigenvalue weighted by molar-refractivity contribution is -0.140. The van der Waals surface area contributed by atoms with Gasteiger partial charge in [0.2, 0.25) is 0 Å². The first-order valence-corrected chi connectivity index (χ1v) is 11.5. The number of Topliss-reactive ketones (excluding diaryl/α,β-unsaturated/α-hetero) is 1. The van der Waals surface area contributed by atoms with Crippen LogP contribution in [0.2, 0.25) is 0 Å². The van der Waals surface area contributed by atoms with E-state index in [1.165, 1.54) is 22.4 Å². The van der Waals surface area contributed by atoms with Crippen LogP contribution < -0.4 is 0 Å². The highest BCUT2D eigenvalue weighted by molar-refractivity contribution is 6.46. The molecule has 170 valence electrons. The summed E-state index contributed by atoms with van der Waals surface area (Å²) < 4.78 is 5.22. The van der Waals surface area contributed by atoms with Crippen LogP contribution in [0.25, 0.3) is 16.7 Å². The van der Waals surface area contributed by atoms with Gasteiger partial charge in [0.15, 0.2) is 0 Å². The Kier molecular flexibility index (Phi) is 5.54. The van der Waals surface area contributed by atoms with E-state index in [0.717, 1.165) is 41.4 Å². The van der Waals surface area contributed by atoms with Crippen molar-refractivity contribution in [3.05, 3.63) is 76.0 Å². The molecular formula is C27H28N2O4. The summed E-state index contributed by atoms with van der Waals surface area (Å²) in [5.41, 5.74) is 5.85. The summed E-state index contributed by atoms with van der Waals surface area (Å²) in [7, 11) is 1.57. The van der Waals surface area contributed by atoms with Gasteiger partial charge in [-0.3, -0.25) is 9.59 Å². The second-order valence-electron chi connectivity index (χ2n) is 8.89. The highest BCUT2D eigenvalue weighted by atomic mass is 16.5. The molecule has 3 aromatic rings.